The first-order chi connectivity index (χ1) is 16.3. The minimum absolute atomic E-state index is 0.107. The van der Waals surface area contributed by atoms with Gasteiger partial charge in [-0.25, -0.2) is 13.6 Å². The van der Waals surface area contributed by atoms with Crippen molar-refractivity contribution in [3.8, 4) is 0 Å². The highest BCUT2D eigenvalue weighted by atomic mass is 32.2. The highest BCUT2D eigenvalue weighted by molar-refractivity contribution is 7.89. The number of hydrogen-bond acceptors (Lipinski definition) is 6. The third-order valence-corrected chi connectivity index (χ3v) is 6.63. The average molecular weight is 481 g/mol. The number of carbonyl (C=O) groups excluding carboxylic acids is 1. The largest absolute Gasteiger partial charge is 0.379 e. The molecule has 1 atom stereocenters. The number of morpholine rings is 1. The van der Waals surface area contributed by atoms with Crippen LogP contribution in [0.4, 0.5) is 17.1 Å². The summed E-state index contributed by atoms with van der Waals surface area (Å²) >= 11 is 0. The van der Waals surface area contributed by atoms with E-state index >= 15 is 0 Å². The van der Waals surface area contributed by atoms with Gasteiger partial charge in [-0.15, -0.1) is 0 Å². The monoisotopic (exact) mass is 480 g/mol. The fourth-order valence-corrected chi connectivity index (χ4v) is 4.42. The van der Waals surface area contributed by atoms with E-state index in [1.807, 2.05) is 35.2 Å². The number of carbonyl (C=O) groups is 1. The SMILES string of the molecule is CC(Nc1ccc(NC(=O)c2cc(S(N)(=O)=O)ccc2N2CCOCC2)cc1)c1ccccc1. The van der Waals surface area contributed by atoms with Crippen molar-refractivity contribution in [3.05, 3.63) is 83.9 Å². The van der Waals surface area contributed by atoms with Crippen molar-refractivity contribution in [3.63, 3.8) is 0 Å². The minimum Gasteiger partial charge on any atom is -0.379 e. The highest BCUT2D eigenvalue weighted by Gasteiger charge is 2.22. The second-order valence-corrected chi connectivity index (χ2v) is 9.69. The second kappa shape index (κ2) is 10.3. The first-order valence-corrected chi connectivity index (χ1v) is 12.6. The van der Waals surface area contributed by atoms with Gasteiger partial charge in [0.2, 0.25) is 10.0 Å². The van der Waals surface area contributed by atoms with Crippen LogP contribution in [-0.2, 0) is 14.8 Å². The Kier molecular flexibility index (Phi) is 7.16. The number of hydrogen-bond donors (Lipinski definition) is 3. The molecule has 4 N–H and O–H groups in total. The molecular formula is C25H28N4O4S. The van der Waals surface area contributed by atoms with Crippen LogP contribution in [-0.4, -0.2) is 40.6 Å². The summed E-state index contributed by atoms with van der Waals surface area (Å²) in [7, 11) is -3.95. The normalized spacial score (nSPS) is 14.9. The molecule has 0 spiro atoms. The van der Waals surface area contributed by atoms with Crippen molar-refractivity contribution in [2.75, 3.05) is 41.8 Å². The fourth-order valence-electron chi connectivity index (χ4n) is 3.88. The molecule has 0 saturated carbocycles. The molecule has 4 rings (SSSR count). The lowest BCUT2D eigenvalue weighted by Gasteiger charge is -2.30. The number of nitrogens with zero attached hydrogens (tertiary/aromatic N) is 1. The van der Waals surface area contributed by atoms with E-state index in [0.717, 1.165) is 5.69 Å². The summed E-state index contributed by atoms with van der Waals surface area (Å²) in [6.07, 6.45) is 0. The summed E-state index contributed by atoms with van der Waals surface area (Å²) in [5.74, 6) is -0.412. The van der Waals surface area contributed by atoms with E-state index in [9.17, 15) is 13.2 Å². The van der Waals surface area contributed by atoms with E-state index in [2.05, 4.69) is 29.7 Å². The van der Waals surface area contributed by atoms with Gasteiger partial charge in [0.1, 0.15) is 0 Å². The summed E-state index contributed by atoms with van der Waals surface area (Å²) in [4.78, 5) is 15.1. The Labute approximate surface area is 199 Å². The van der Waals surface area contributed by atoms with Gasteiger partial charge in [-0.1, -0.05) is 30.3 Å². The molecule has 0 bridgehead atoms. The topological polar surface area (TPSA) is 114 Å². The van der Waals surface area contributed by atoms with Gasteiger partial charge in [0.05, 0.1) is 23.7 Å². The Bertz CT molecular complexity index is 1240. The molecule has 3 aromatic carbocycles. The summed E-state index contributed by atoms with van der Waals surface area (Å²) < 4.78 is 29.2. The van der Waals surface area contributed by atoms with E-state index in [4.69, 9.17) is 9.88 Å². The maximum Gasteiger partial charge on any atom is 0.257 e. The molecule has 9 heteroatoms. The van der Waals surface area contributed by atoms with Gasteiger partial charge in [-0.05, 0) is 55.0 Å². The molecule has 3 aromatic rings. The maximum atomic E-state index is 13.2. The zero-order valence-corrected chi connectivity index (χ0v) is 19.7. The van der Waals surface area contributed by atoms with Gasteiger partial charge in [0.25, 0.3) is 5.91 Å². The lowest BCUT2D eigenvalue weighted by Crippen LogP contribution is -2.37. The Morgan fingerprint density at radius 2 is 1.62 bits per heavy atom. The molecule has 1 aliphatic heterocycles. The quantitative estimate of drug-likeness (QED) is 0.476. The number of primary sulfonamides is 1. The van der Waals surface area contributed by atoms with Gasteiger partial charge in [-0.3, -0.25) is 4.79 Å². The zero-order valence-electron chi connectivity index (χ0n) is 18.9. The standard InChI is InChI=1S/C25H28N4O4S/c1-18(19-5-3-2-4-6-19)27-20-7-9-21(10-8-20)28-25(30)23-17-22(34(26,31)32)11-12-24(23)29-13-15-33-16-14-29/h2-12,17-18,27H,13-16H2,1H3,(H,28,30)(H2,26,31,32). The van der Waals surface area contributed by atoms with Gasteiger partial charge in [-0.2, -0.15) is 0 Å². The summed E-state index contributed by atoms with van der Waals surface area (Å²) in [6.45, 7) is 4.36. The molecule has 1 fully saturated rings. The summed E-state index contributed by atoms with van der Waals surface area (Å²) in [6, 6.07) is 22.0. The number of ether oxygens (including phenoxy) is 1. The molecule has 178 valence electrons. The van der Waals surface area contributed by atoms with Crippen LogP contribution in [0.1, 0.15) is 28.9 Å². The number of anilines is 3. The van der Waals surface area contributed by atoms with Crippen LogP contribution in [0.5, 0.6) is 0 Å². The number of rotatable bonds is 7. The van der Waals surface area contributed by atoms with Crippen LogP contribution in [0.15, 0.2) is 77.7 Å². The molecule has 0 aromatic heterocycles. The van der Waals surface area contributed by atoms with Crippen LogP contribution >= 0.6 is 0 Å². The predicted molar refractivity (Wildman–Crippen MR) is 134 cm³/mol. The number of amides is 1. The molecule has 1 aliphatic rings. The second-order valence-electron chi connectivity index (χ2n) is 8.13. The molecule has 1 amide bonds. The Hall–Kier alpha value is -3.40. The molecule has 1 heterocycles. The fraction of sp³-hybridized carbons (Fsp3) is 0.240. The predicted octanol–water partition coefficient (Wildman–Crippen LogP) is 3.60. The van der Waals surface area contributed by atoms with Gasteiger partial charge in [0.15, 0.2) is 0 Å². The van der Waals surface area contributed by atoms with Crippen LogP contribution < -0.4 is 20.7 Å². The Balaban J connectivity index is 1.52. The van der Waals surface area contributed by atoms with Crippen molar-refractivity contribution in [2.24, 2.45) is 5.14 Å². The first-order valence-electron chi connectivity index (χ1n) is 11.0. The third kappa shape index (κ3) is 5.74. The van der Waals surface area contributed by atoms with Gasteiger partial charge in [0, 0.05) is 36.2 Å². The van der Waals surface area contributed by atoms with E-state index in [1.54, 1.807) is 18.2 Å². The number of nitrogens with two attached hydrogens (primary N) is 1. The van der Waals surface area contributed by atoms with E-state index in [1.165, 1.54) is 17.7 Å². The Morgan fingerprint density at radius 3 is 2.26 bits per heavy atom. The number of nitrogens with one attached hydrogen (secondary N) is 2. The smallest absolute Gasteiger partial charge is 0.257 e. The minimum atomic E-state index is -3.95. The molecule has 1 saturated heterocycles. The lowest BCUT2D eigenvalue weighted by atomic mass is 10.1. The van der Waals surface area contributed by atoms with Crippen molar-refractivity contribution in [2.45, 2.75) is 17.9 Å². The zero-order chi connectivity index (χ0) is 24.1. The average Bonchev–Trinajstić information content (AvgIpc) is 2.85. The molecule has 8 nitrogen and oxygen atoms in total. The van der Waals surface area contributed by atoms with Crippen LogP contribution in [0.2, 0.25) is 0 Å². The van der Waals surface area contributed by atoms with Crippen LogP contribution in [0.3, 0.4) is 0 Å². The number of sulfonamides is 1. The van der Waals surface area contributed by atoms with Crippen LogP contribution in [0, 0.1) is 0 Å². The van der Waals surface area contributed by atoms with Gasteiger partial charge >= 0.3 is 0 Å². The van der Waals surface area contributed by atoms with Crippen LogP contribution in [0.25, 0.3) is 0 Å². The van der Waals surface area contributed by atoms with Crippen molar-refractivity contribution >= 4 is 33.0 Å². The molecule has 0 radical (unpaired) electrons. The lowest BCUT2D eigenvalue weighted by molar-refractivity contribution is 0.102. The molecule has 1 unspecified atom stereocenters. The molecule has 0 aliphatic carbocycles. The third-order valence-electron chi connectivity index (χ3n) is 5.72. The summed E-state index contributed by atoms with van der Waals surface area (Å²) in [5.41, 5.74) is 3.57. The van der Waals surface area contributed by atoms with Crippen molar-refractivity contribution < 1.29 is 17.9 Å². The molecular weight excluding hydrogens is 452 g/mol. The van der Waals surface area contributed by atoms with E-state index in [0.29, 0.717) is 37.7 Å². The highest BCUT2D eigenvalue weighted by Crippen LogP contribution is 2.27. The van der Waals surface area contributed by atoms with Gasteiger partial charge < -0.3 is 20.3 Å². The van der Waals surface area contributed by atoms with Crippen molar-refractivity contribution in [1.29, 1.82) is 0 Å². The first kappa shape index (κ1) is 23.7. The van der Waals surface area contributed by atoms with E-state index < -0.39 is 15.9 Å². The maximum absolute atomic E-state index is 13.2. The Morgan fingerprint density at radius 1 is 0.971 bits per heavy atom. The molecule has 34 heavy (non-hydrogen) atoms. The van der Waals surface area contributed by atoms with E-state index in [-0.39, 0.29) is 16.5 Å². The number of benzene rings is 3. The summed E-state index contributed by atoms with van der Waals surface area (Å²) in [5, 5.41) is 11.6. The van der Waals surface area contributed by atoms with Crippen molar-refractivity contribution in [1.82, 2.24) is 0 Å².